The van der Waals surface area contributed by atoms with Crippen molar-refractivity contribution in [3.8, 4) is 0 Å². The van der Waals surface area contributed by atoms with Crippen LogP contribution in [-0.2, 0) is 19.5 Å². The summed E-state index contributed by atoms with van der Waals surface area (Å²) in [5.41, 5.74) is 0. The van der Waals surface area contributed by atoms with E-state index in [1.165, 1.54) is 0 Å². The fourth-order valence-electron chi connectivity index (χ4n) is 0. The Morgan fingerprint density at radius 3 is 1.25 bits per heavy atom. The van der Waals surface area contributed by atoms with Crippen molar-refractivity contribution >= 4 is 18.9 Å². The number of hydrogen-bond donors (Lipinski definition) is 0. The van der Waals surface area contributed by atoms with E-state index in [0.717, 1.165) is 0 Å². The molecule has 0 aromatic heterocycles. The third-order valence-corrected chi connectivity index (χ3v) is 0. The second-order valence-electron chi connectivity index (χ2n) is 0. The Balaban J connectivity index is -0.00000000500. The van der Waals surface area contributed by atoms with Gasteiger partial charge in [-0.25, -0.2) is 0 Å². The molecular weight excluding hydrogens is 93.9 g/mol. The quantitative estimate of drug-likeness (QED) is 0.372. The zero-order chi connectivity index (χ0) is 2.00. The Labute approximate surface area is 46.1 Å². The molecule has 0 aliphatic heterocycles. The molecule has 0 aromatic rings. The van der Waals surface area contributed by atoms with Crippen molar-refractivity contribution < 1.29 is 19.5 Å². The molecule has 0 unspecified atom stereocenters. The summed E-state index contributed by atoms with van der Waals surface area (Å²) in [4.78, 5) is 0. The van der Waals surface area contributed by atoms with E-state index in [1.54, 1.807) is 0 Å². The van der Waals surface area contributed by atoms with Crippen LogP contribution in [0.25, 0.3) is 0 Å². The normalized spacial score (nSPS) is 1.25. The second kappa shape index (κ2) is 40.3. The molecule has 0 saturated heterocycles. The van der Waals surface area contributed by atoms with Crippen molar-refractivity contribution in [2.45, 2.75) is 0 Å². The third-order valence-electron chi connectivity index (χ3n) is 0. The summed E-state index contributed by atoms with van der Waals surface area (Å²) in [6, 6.07) is 0. The molecule has 1 nitrogen and oxygen atoms in total. The second-order valence-corrected chi connectivity index (χ2v) is 0. The van der Waals surface area contributed by atoms with Crippen molar-refractivity contribution in [3.63, 3.8) is 0 Å². The van der Waals surface area contributed by atoms with Crippen molar-refractivity contribution in [2.24, 2.45) is 0 Å². The molecule has 0 aliphatic rings. The summed E-state index contributed by atoms with van der Waals surface area (Å²) in [6.45, 7) is 0. The van der Waals surface area contributed by atoms with Gasteiger partial charge in [0.1, 0.15) is 0 Å². The molecule has 3 heteroatoms. The molecule has 0 heterocycles. The maximum atomic E-state index is 7.94. The van der Waals surface area contributed by atoms with Crippen molar-refractivity contribution in [1.82, 2.24) is 0 Å². The SMILES string of the molecule is [C].[Li].[O]=[Co]. The Morgan fingerprint density at radius 1 is 1.25 bits per heavy atom. The van der Waals surface area contributed by atoms with Gasteiger partial charge in [0.25, 0.3) is 0 Å². The van der Waals surface area contributed by atoms with Crippen LogP contribution < -0.4 is 0 Å². The van der Waals surface area contributed by atoms with Gasteiger partial charge in [-0.15, -0.1) is 0 Å². The predicted octanol–water partition coefficient (Wildman–Crippen LogP) is -0.421. The van der Waals surface area contributed by atoms with Gasteiger partial charge in [-0.05, 0) is 0 Å². The molecule has 0 N–H and O–H groups in total. The average Bonchev–Trinajstić information content (AvgIpc) is 1.00. The van der Waals surface area contributed by atoms with E-state index in [4.69, 9.17) is 3.87 Å². The molecule has 0 spiro atoms. The van der Waals surface area contributed by atoms with Gasteiger partial charge in [0.05, 0.1) is 0 Å². The molecule has 0 aromatic carbocycles. The van der Waals surface area contributed by atoms with Crippen molar-refractivity contribution in [2.75, 3.05) is 0 Å². The molecule has 0 bridgehead atoms. The van der Waals surface area contributed by atoms with E-state index in [9.17, 15) is 0 Å². The Bertz CT molecular complexity index is 8.00. The summed E-state index contributed by atoms with van der Waals surface area (Å²) in [5.74, 6) is 0. The van der Waals surface area contributed by atoms with E-state index in [-0.39, 0.29) is 26.3 Å². The maximum absolute atomic E-state index is 7.94. The number of rotatable bonds is 0. The van der Waals surface area contributed by atoms with Crippen LogP contribution in [0, 0.1) is 7.43 Å². The van der Waals surface area contributed by atoms with Crippen molar-refractivity contribution in [1.29, 1.82) is 0 Å². The van der Waals surface area contributed by atoms with Crippen LogP contribution >= 0.6 is 0 Å². The van der Waals surface area contributed by atoms with Crippen LogP contribution in [0.3, 0.4) is 0 Å². The van der Waals surface area contributed by atoms with Crippen LogP contribution in [0.15, 0.2) is 0 Å². The minimum atomic E-state index is 0. The molecule has 4 heavy (non-hydrogen) atoms. The van der Waals surface area contributed by atoms with Gasteiger partial charge >= 0.3 is 19.5 Å². The monoisotopic (exact) mass is 93.9 g/mol. The molecule has 20 valence electrons. The van der Waals surface area contributed by atoms with Gasteiger partial charge in [0.15, 0.2) is 0 Å². The first-order chi connectivity index (χ1) is 1.00. The fraction of sp³-hybridized carbons (Fsp3) is 0. The van der Waals surface area contributed by atoms with E-state index in [0.29, 0.717) is 0 Å². The van der Waals surface area contributed by atoms with Gasteiger partial charge < -0.3 is 0 Å². The summed E-state index contributed by atoms with van der Waals surface area (Å²) in [7, 11) is 0. The predicted molar refractivity (Wildman–Crippen MR) is 9.68 cm³/mol. The summed E-state index contributed by atoms with van der Waals surface area (Å²) >= 11 is 2.31. The first-order valence-electron chi connectivity index (χ1n) is 0.136. The van der Waals surface area contributed by atoms with Gasteiger partial charge in [-0.1, -0.05) is 0 Å². The third kappa shape index (κ3) is 12.9. The zero-order valence-corrected chi connectivity index (χ0v) is 3.28. The molecule has 0 aliphatic carbocycles. The molecule has 0 atom stereocenters. The van der Waals surface area contributed by atoms with Crippen LogP contribution in [0.4, 0.5) is 0 Å². The Kier molecular flexibility index (Phi) is 208. The standard InChI is InChI=1S/C.Co.Li.O. The molecular formula is CCoLiO. The van der Waals surface area contributed by atoms with Gasteiger partial charge in [0, 0.05) is 26.3 Å². The van der Waals surface area contributed by atoms with E-state index >= 15 is 0 Å². The van der Waals surface area contributed by atoms with Crippen LogP contribution in [-0.4, -0.2) is 18.9 Å². The van der Waals surface area contributed by atoms with E-state index < -0.39 is 0 Å². The van der Waals surface area contributed by atoms with Gasteiger partial charge in [0.2, 0.25) is 0 Å². The number of hydrogen-bond acceptors (Lipinski definition) is 1. The summed E-state index contributed by atoms with van der Waals surface area (Å²) in [5, 5.41) is 0. The topological polar surface area (TPSA) is 17.1 Å². The molecule has 0 amide bonds. The first kappa shape index (κ1) is 20.6. The van der Waals surface area contributed by atoms with Crippen LogP contribution in [0.5, 0.6) is 0 Å². The average molecular weight is 93.9 g/mol. The molecule has 5 radical (unpaired) electrons. The molecule has 0 fully saturated rings. The first-order valence-corrected chi connectivity index (χ1v) is 0.561. The zero-order valence-electron chi connectivity index (χ0n) is 2.24. The van der Waals surface area contributed by atoms with Gasteiger partial charge in [-0.2, -0.15) is 0 Å². The molecule has 0 rings (SSSR count). The summed E-state index contributed by atoms with van der Waals surface area (Å²) in [6.07, 6.45) is 0. The van der Waals surface area contributed by atoms with Crippen molar-refractivity contribution in [3.05, 3.63) is 7.43 Å². The summed E-state index contributed by atoms with van der Waals surface area (Å²) < 4.78 is 7.94. The minimum absolute atomic E-state index is 0. The Hall–Kier alpha value is 0.904. The molecule has 0 saturated carbocycles. The van der Waals surface area contributed by atoms with Crippen LogP contribution in [0.1, 0.15) is 0 Å². The Morgan fingerprint density at radius 2 is 1.25 bits per heavy atom. The fourth-order valence-corrected chi connectivity index (χ4v) is 0. The van der Waals surface area contributed by atoms with Crippen LogP contribution in [0.2, 0.25) is 0 Å². The van der Waals surface area contributed by atoms with E-state index in [1.807, 2.05) is 0 Å². The van der Waals surface area contributed by atoms with E-state index in [2.05, 4.69) is 15.7 Å². The van der Waals surface area contributed by atoms with Gasteiger partial charge in [-0.3, -0.25) is 0 Å².